The average Bonchev–Trinajstić information content (AvgIpc) is 2.96. The Hall–Kier alpha value is -2.18. The van der Waals surface area contributed by atoms with Crippen LogP contribution in [0.4, 0.5) is 11.5 Å². The molecule has 0 N–H and O–H groups in total. The number of pyridine rings is 1. The first-order valence-corrected chi connectivity index (χ1v) is 8.76. The Morgan fingerprint density at radius 3 is 2.62 bits per heavy atom. The lowest BCUT2D eigenvalue weighted by molar-refractivity contribution is -0.385. The van der Waals surface area contributed by atoms with Crippen LogP contribution in [0.5, 0.6) is 0 Å². The van der Waals surface area contributed by atoms with Crippen LogP contribution in [0.15, 0.2) is 18.3 Å². The predicted molar refractivity (Wildman–Crippen MR) is 90.9 cm³/mol. The molecule has 1 saturated heterocycles. The number of rotatable bonds is 4. The maximum Gasteiger partial charge on any atom is 0.287 e. The van der Waals surface area contributed by atoms with E-state index in [9.17, 15) is 14.9 Å². The molecule has 1 aromatic rings. The van der Waals surface area contributed by atoms with Crippen LogP contribution in [0.2, 0.25) is 0 Å². The number of carbonyl (C=O) groups is 1. The summed E-state index contributed by atoms with van der Waals surface area (Å²) in [6.07, 6.45) is 7.79. The summed E-state index contributed by atoms with van der Waals surface area (Å²) in [4.78, 5) is 31.0. The number of nitro groups is 1. The molecule has 24 heavy (non-hydrogen) atoms. The number of hydrogen-bond acceptors (Lipinski definition) is 5. The van der Waals surface area contributed by atoms with Crippen LogP contribution in [0, 0.1) is 16.0 Å². The smallest absolute Gasteiger partial charge is 0.287 e. The van der Waals surface area contributed by atoms with Gasteiger partial charge >= 0.3 is 0 Å². The van der Waals surface area contributed by atoms with Gasteiger partial charge in [0.05, 0.1) is 4.92 Å². The zero-order valence-corrected chi connectivity index (χ0v) is 13.9. The van der Waals surface area contributed by atoms with Crippen molar-refractivity contribution in [1.29, 1.82) is 0 Å². The largest absolute Gasteiger partial charge is 0.355 e. The average molecular weight is 332 g/mol. The normalized spacial score (nSPS) is 19.3. The van der Waals surface area contributed by atoms with Crippen molar-refractivity contribution in [2.75, 3.05) is 31.1 Å². The third-order valence-electron chi connectivity index (χ3n) is 5.05. The zero-order valence-electron chi connectivity index (χ0n) is 13.9. The topological polar surface area (TPSA) is 79.6 Å². The van der Waals surface area contributed by atoms with Crippen LogP contribution < -0.4 is 4.90 Å². The van der Waals surface area contributed by atoms with Crippen LogP contribution >= 0.6 is 0 Å². The number of hydrogen-bond donors (Lipinski definition) is 0. The van der Waals surface area contributed by atoms with Crippen LogP contribution in [-0.4, -0.2) is 46.9 Å². The van der Waals surface area contributed by atoms with Gasteiger partial charge in [0.15, 0.2) is 0 Å². The SMILES string of the molecule is O=C(CC1CCCC1)N1CCCN(c2ccc([N+](=O)[O-])cn2)CC1. The Morgan fingerprint density at radius 2 is 1.96 bits per heavy atom. The molecule has 1 saturated carbocycles. The van der Waals surface area contributed by atoms with Crippen LogP contribution in [0.25, 0.3) is 0 Å². The Bertz CT molecular complexity index is 584. The van der Waals surface area contributed by atoms with E-state index in [2.05, 4.69) is 9.88 Å². The van der Waals surface area contributed by atoms with Crippen molar-refractivity contribution in [1.82, 2.24) is 9.88 Å². The van der Waals surface area contributed by atoms with Crippen molar-refractivity contribution in [2.24, 2.45) is 5.92 Å². The summed E-state index contributed by atoms with van der Waals surface area (Å²) in [5.74, 6) is 1.60. The molecule has 2 heterocycles. The molecule has 1 amide bonds. The molecule has 130 valence electrons. The number of carbonyl (C=O) groups excluding carboxylic acids is 1. The Kier molecular flexibility index (Phi) is 5.27. The minimum Gasteiger partial charge on any atom is -0.355 e. The summed E-state index contributed by atoms with van der Waals surface area (Å²) in [6.45, 7) is 3.03. The molecule has 2 fully saturated rings. The van der Waals surface area contributed by atoms with Gasteiger partial charge < -0.3 is 9.80 Å². The summed E-state index contributed by atoms with van der Waals surface area (Å²) in [7, 11) is 0. The van der Waals surface area contributed by atoms with E-state index in [0.29, 0.717) is 18.9 Å². The van der Waals surface area contributed by atoms with Crippen molar-refractivity contribution in [3.05, 3.63) is 28.4 Å². The van der Waals surface area contributed by atoms with E-state index in [-0.39, 0.29) is 11.6 Å². The second kappa shape index (κ2) is 7.59. The molecule has 0 radical (unpaired) electrons. The summed E-state index contributed by atoms with van der Waals surface area (Å²) >= 11 is 0. The highest BCUT2D eigenvalue weighted by molar-refractivity contribution is 5.76. The molecule has 0 atom stereocenters. The van der Waals surface area contributed by atoms with Gasteiger partial charge in [-0.25, -0.2) is 4.98 Å². The fourth-order valence-corrected chi connectivity index (χ4v) is 3.66. The van der Waals surface area contributed by atoms with E-state index < -0.39 is 4.92 Å². The zero-order chi connectivity index (χ0) is 16.9. The van der Waals surface area contributed by atoms with Gasteiger partial charge in [-0.3, -0.25) is 14.9 Å². The summed E-state index contributed by atoms with van der Waals surface area (Å²) in [5.41, 5.74) is 0.00180. The minimum atomic E-state index is -0.442. The van der Waals surface area contributed by atoms with Crippen LogP contribution in [-0.2, 0) is 4.79 Å². The van der Waals surface area contributed by atoms with Gasteiger partial charge in [-0.05, 0) is 31.2 Å². The highest BCUT2D eigenvalue weighted by atomic mass is 16.6. The number of amides is 1. The quantitative estimate of drug-likeness (QED) is 0.625. The van der Waals surface area contributed by atoms with Gasteiger partial charge in [0.2, 0.25) is 5.91 Å². The lowest BCUT2D eigenvalue weighted by Crippen LogP contribution is -2.36. The van der Waals surface area contributed by atoms with E-state index in [1.807, 2.05) is 4.90 Å². The number of anilines is 1. The van der Waals surface area contributed by atoms with Gasteiger partial charge in [-0.2, -0.15) is 0 Å². The molecule has 1 aliphatic carbocycles. The second-order valence-corrected chi connectivity index (χ2v) is 6.71. The predicted octanol–water partition coefficient (Wildman–Crippen LogP) is 2.61. The molecule has 7 heteroatoms. The van der Waals surface area contributed by atoms with Crippen molar-refractivity contribution in [3.63, 3.8) is 0 Å². The molecular weight excluding hydrogens is 308 g/mol. The Morgan fingerprint density at radius 1 is 1.17 bits per heavy atom. The molecule has 0 unspecified atom stereocenters. The first-order valence-electron chi connectivity index (χ1n) is 8.76. The summed E-state index contributed by atoms with van der Waals surface area (Å²) < 4.78 is 0. The molecule has 3 rings (SSSR count). The summed E-state index contributed by atoms with van der Waals surface area (Å²) in [6, 6.07) is 3.17. The molecule has 1 aromatic heterocycles. The van der Waals surface area contributed by atoms with Crippen molar-refractivity contribution < 1.29 is 9.72 Å². The van der Waals surface area contributed by atoms with Gasteiger partial charge in [0.25, 0.3) is 5.69 Å². The summed E-state index contributed by atoms with van der Waals surface area (Å²) in [5, 5.41) is 10.7. The number of aromatic nitrogens is 1. The molecule has 0 spiro atoms. The fourth-order valence-electron chi connectivity index (χ4n) is 3.66. The molecular formula is C17H24N4O3. The maximum atomic E-state index is 12.5. The third kappa shape index (κ3) is 4.01. The third-order valence-corrected chi connectivity index (χ3v) is 5.05. The Balaban J connectivity index is 1.56. The van der Waals surface area contributed by atoms with Crippen molar-refractivity contribution >= 4 is 17.4 Å². The molecule has 1 aliphatic heterocycles. The fraction of sp³-hybridized carbons (Fsp3) is 0.647. The highest BCUT2D eigenvalue weighted by Crippen LogP contribution is 2.28. The maximum absolute atomic E-state index is 12.5. The van der Waals surface area contributed by atoms with Crippen molar-refractivity contribution in [2.45, 2.75) is 38.5 Å². The first-order chi connectivity index (χ1) is 11.6. The van der Waals surface area contributed by atoms with E-state index in [1.54, 1.807) is 6.07 Å². The standard InChI is InChI=1S/C17H24N4O3/c22-17(12-14-4-1-2-5-14)20-9-3-8-19(10-11-20)16-7-6-15(13-18-16)21(23)24/h6-7,13-14H,1-5,8-12H2. The molecule has 0 aromatic carbocycles. The highest BCUT2D eigenvalue weighted by Gasteiger charge is 2.24. The van der Waals surface area contributed by atoms with Crippen LogP contribution in [0.1, 0.15) is 38.5 Å². The first kappa shape index (κ1) is 16.7. The van der Waals surface area contributed by atoms with Crippen molar-refractivity contribution in [3.8, 4) is 0 Å². The van der Waals surface area contributed by atoms with Crippen LogP contribution in [0.3, 0.4) is 0 Å². The van der Waals surface area contributed by atoms with Gasteiger partial charge in [0.1, 0.15) is 12.0 Å². The lowest BCUT2D eigenvalue weighted by atomic mass is 10.0. The van der Waals surface area contributed by atoms with E-state index in [1.165, 1.54) is 37.9 Å². The lowest BCUT2D eigenvalue weighted by Gasteiger charge is -2.23. The Labute approximate surface area is 141 Å². The number of nitrogens with zero attached hydrogens (tertiary/aromatic N) is 4. The van der Waals surface area contributed by atoms with E-state index in [0.717, 1.165) is 31.9 Å². The molecule has 7 nitrogen and oxygen atoms in total. The van der Waals surface area contributed by atoms with E-state index >= 15 is 0 Å². The second-order valence-electron chi connectivity index (χ2n) is 6.71. The van der Waals surface area contributed by atoms with Gasteiger partial charge in [-0.15, -0.1) is 0 Å². The minimum absolute atomic E-state index is 0.00180. The van der Waals surface area contributed by atoms with E-state index in [4.69, 9.17) is 0 Å². The molecule has 0 bridgehead atoms. The van der Waals surface area contributed by atoms with Gasteiger partial charge in [-0.1, -0.05) is 12.8 Å². The van der Waals surface area contributed by atoms with Gasteiger partial charge in [0, 0.05) is 38.7 Å². The monoisotopic (exact) mass is 332 g/mol. The molecule has 2 aliphatic rings.